The summed E-state index contributed by atoms with van der Waals surface area (Å²) in [4.78, 5) is 7.02. The molecule has 27 aromatic rings. The molecule has 21 aromatic carbocycles. The number of anilines is 9. The summed E-state index contributed by atoms with van der Waals surface area (Å²) in [6.07, 6.45) is 0. The smallest absolute Gasteiger partial charge is 0.161 e. The van der Waals surface area contributed by atoms with E-state index in [1.165, 1.54) is 54.6 Å². The Morgan fingerprint density at radius 1 is 0.148 bits per heavy atom. The fourth-order valence-corrected chi connectivity index (χ4v) is 20.3. The van der Waals surface area contributed by atoms with Gasteiger partial charge in [0, 0.05) is 82.8 Å². The Balaban J connectivity index is 0.000000109. The lowest BCUT2D eigenvalue weighted by atomic mass is 9.97. The van der Waals surface area contributed by atoms with E-state index in [-0.39, 0.29) is 0 Å². The molecular formula is C126H84N6O3. The lowest BCUT2D eigenvalue weighted by Crippen LogP contribution is -2.11. The zero-order chi connectivity index (χ0) is 89.2. The highest BCUT2D eigenvalue weighted by Crippen LogP contribution is 2.53. The third-order valence-electron chi connectivity index (χ3n) is 26.3. The highest BCUT2D eigenvalue weighted by molar-refractivity contribution is 6.23. The van der Waals surface area contributed by atoms with E-state index in [2.05, 4.69) is 538 Å². The van der Waals surface area contributed by atoms with Crippen LogP contribution in [0.5, 0.6) is 0 Å². The maximum atomic E-state index is 7.05. The number of hydrogen-bond donors (Lipinski definition) is 0. The quantitative estimate of drug-likeness (QED) is 0.102. The van der Waals surface area contributed by atoms with Gasteiger partial charge in [-0.15, -0.1) is 0 Å². The van der Waals surface area contributed by atoms with Gasteiger partial charge in [0.1, 0.15) is 16.6 Å². The van der Waals surface area contributed by atoms with Crippen LogP contribution in [0.25, 0.3) is 182 Å². The van der Waals surface area contributed by atoms with Gasteiger partial charge in [0.05, 0.1) is 50.7 Å². The Bertz CT molecular complexity index is 9100. The molecule has 0 aliphatic heterocycles. The van der Waals surface area contributed by atoms with Crippen molar-refractivity contribution >= 4 is 182 Å². The molecule has 6 heterocycles. The summed E-state index contributed by atoms with van der Waals surface area (Å²) in [5, 5.41) is 13.8. The lowest BCUT2D eigenvalue weighted by Gasteiger charge is -2.28. The number of benzene rings is 21. The minimum Gasteiger partial charge on any atom is -0.451 e. The van der Waals surface area contributed by atoms with Crippen LogP contribution >= 0.6 is 0 Å². The molecule has 135 heavy (non-hydrogen) atoms. The molecule has 0 bridgehead atoms. The Hall–Kier alpha value is -18.2. The zero-order valence-electron chi connectivity index (χ0n) is 73.4. The van der Waals surface area contributed by atoms with Gasteiger partial charge in [-0.2, -0.15) is 0 Å². The first-order valence-corrected chi connectivity index (χ1v) is 45.9. The van der Waals surface area contributed by atoms with E-state index in [0.29, 0.717) is 0 Å². The molecule has 0 aliphatic rings. The third-order valence-corrected chi connectivity index (χ3v) is 26.3. The van der Waals surface area contributed by atoms with E-state index >= 15 is 0 Å². The molecule has 636 valence electrons. The molecule has 0 aliphatic carbocycles. The van der Waals surface area contributed by atoms with Gasteiger partial charge in [0.2, 0.25) is 0 Å². The van der Waals surface area contributed by atoms with Crippen molar-refractivity contribution in [1.29, 1.82) is 0 Å². The summed E-state index contributed by atoms with van der Waals surface area (Å²) in [5.41, 5.74) is 31.8. The molecule has 0 unspecified atom stereocenters. The molecule has 0 N–H and O–H groups in total. The predicted molar refractivity (Wildman–Crippen MR) is 565 cm³/mol. The minimum atomic E-state index is 0.846. The molecule has 0 radical (unpaired) electrons. The number of rotatable bonds is 15. The summed E-state index contributed by atoms with van der Waals surface area (Å²) in [6.45, 7) is 0. The SMILES string of the molecule is c1ccc(-c2ccc(N(c3cccc4ccccc34)c3cccc4c3oc3c5ccccc5n(-c5ccccc5)c43)cc2)cc1.c1ccc(-c2ccccc2N(c2ccc(-c3cccc4ccccc34)cc2)c2cccc3c2oc2c4ccccc4n(-c4ccccc4)c32)cc1.c1ccc(N(c2cccc3ccccc23)c2cccc3c2oc2c4ccccc4n(-c4ccccc4)c32)cc1. The van der Waals surface area contributed by atoms with Crippen molar-refractivity contribution in [2.24, 2.45) is 0 Å². The number of nitrogens with zero attached hydrogens (tertiary/aromatic N) is 6. The fourth-order valence-electron chi connectivity index (χ4n) is 20.3. The van der Waals surface area contributed by atoms with Gasteiger partial charge in [-0.1, -0.05) is 346 Å². The second-order valence-electron chi connectivity index (χ2n) is 34.1. The van der Waals surface area contributed by atoms with Crippen molar-refractivity contribution in [2.45, 2.75) is 0 Å². The summed E-state index contributed by atoms with van der Waals surface area (Å²) < 4.78 is 27.9. The average Bonchev–Trinajstić information content (AvgIpc) is 1.56. The Morgan fingerprint density at radius 3 is 0.822 bits per heavy atom. The van der Waals surface area contributed by atoms with E-state index in [0.717, 1.165) is 178 Å². The van der Waals surface area contributed by atoms with Crippen LogP contribution in [0.4, 0.5) is 51.2 Å². The van der Waals surface area contributed by atoms with Crippen LogP contribution in [0.15, 0.2) is 523 Å². The van der Waals surface area contributed by atoms with Crippen molar-refractivity contribution in [3.8, 4) is 50.4 Å². The van der Waals surface area contributed by atoms with Crippen molar-refractivity contribution < 1.29 is 13.3 Å². The number of fused-ring (bicyclic) bond motifs is 18. The van der Waals surface area contributed by atoms with Gasteiger partial charge >= 0.3 is 0 Å². The summed E-state index contributed by atoms with van der Waals surface area (Å²) in [7, 11) is 0. The van der Waals surface area contributed by atoms with Gasteiger partial charge in [-0.25, -0.2) is 0 Å². The first-order valence-electron chi connectivity index (χ1n) is 45.9. The van der Waals surface area contributed by atoms with Crippen molar-refractivity contribution in [1.82, 2.24) is 13.7 Å². The van der Waals surface area contributed by atoms with E-state index in [9.17, 15) is 0 Å². The Labute approximate surface area is 778 Å². The maximum Gasteiger partial charge on any atom is 0.161 e. The van der Waals surface area contributed by atoms with Crippen LogP contribution in [0.2, 0.25) is 0 Å². The van der Waals surface area contributed by atoms with Gasteiger partial charge in [-0.05, 0) is 213 Å². The summed E-state index contributed by atoms with van der Waals surface area (Å²) >= 11 is 0. The van der Waals surface area contributed by atoms with E-state index < -0.39 is 0 Å². The van der Waals surface area contributed by atoms with Gasteiger partial charge in [-0.3, -0.25) is 0 Å². The zero-order valence-corrected chi connectivity index (χ0v) is 73.4. The van der Waals surface area contributed by atoms with Crippen LogP contribution in [0.1, 0.15) is 0 Å². The molecule has 0 saturated heterocycles. The first kappa shape index (κ1) is 79.0. The van der Waals surface area contributed by atoms with Gasteiger partial charge in [0.15, 0.2) is 33.5 Å². The van der Waals surface area contributed by atoms with Crippen LogP contribution in [0, 0.1) is 0 Å². The van der Waals surface area contributed by atoms with E-state index in [1.54, 1.807) is 0 Å². The van der Waals surface area contributed by atoms with Crippen molar-refractivity contribution in [2.75, 3.05) is 14.7 Å². The molecule has 6 aromatic heterocycles. The number of hydrogen-bond acceptors (Lipinski definition) is 6. The molecule has 0 amide bonds. The fraction of sp³-hybridized carbons (Fsp3) is 0. The molecule has 0 saturated carbocycles. The summed E-state index contributed by atoms with van der Waals surface area (Å²) in [5.74, 6) is 0. The highest BCUT2D eigenvalue weighted by Gasteiger charge is 2.30. The Kier molecular flexibility index (Phi) is 19.7. The second kappa shape index (κ2) is 33.7. The standard InChI is InChI=1S/C48H32N2O.C42H28N2O.C36H24N2O/c1-3-15-34(16-4-1)40-22-9-11-26-43(40)49(37-31-29-35(30-32-37)39-24-13-18-33-17-7-8-21-38(33)39)45-28-14-25-42-46-48(51-47(42)45)41-23-10-12-27-44(41)50(46)36-19-5-2-6-20-36;1-3-13-29(14-4-1)30-25-27-33(28-26-30)43(37-23-11-16-31-15-7-8-19-34(31)37)39-24-12-21-36-40-42(45-41(36)39)35-20-9-10-22-38(35)44(40)32-17-5-2-6-18-32;1-3-15-26(16-4-1)37(31-23-11-14-25-13-7-8-19-28(25)31)33-24-12-21-30-34-36(39-35(30)33)29-20-9-10-22-32(29)38(34)27-17-5-2-6-18-27/h1-32H;1-28H;1-24H. The molecule has 0 atom stereocenters. The third kappa shape index (κ3) is 13.7. The number of para-hydroxylation sites is 11. The molecule has 0 fully saturated rings. The molecule has 27 rings (SSSR count). The molecule has 0 spiro atoms. The van der Waals surface area contributed by atoms with Crippen molar-refractivity contribution in [3.63, 3.8) is 0 Å². The van der Waals surface area contributed by atoms with Gasteiger partial charge < -0.3 is 41.7 Å². The summed E-state index contributed by atoms with van der Waals surface area (Å²) in [6, 6.07) is 180. The lowest BCUT2D eigenvalue weighted by molar-refractivity contribution is 0.672. The normalized spacial score (nSPS) is 11.6. The maximum absolute atomic E-state index is 7.05. The molecule has 9 heteroatoms. The minimum absolute atomic E-state index is 0.846. The van der Waals surface area contributed by atoms with Crippen LogP contribution < -0.4 is 14.7 Å². The molecule has 9 nitrogen and oxygen atoms in total. The van der Waals surface area contributed by atoms with E-state index in [4.69, 9.17) is 13.3 Å². The van der Waals surface area contributed by atoms with E-state index in [1.807, 2.05) is 0 Å². The van der Waals surface area contributed by atoms with Crippen LogP contribution in [-0.2, 0) is 0 Å². The average molecular weight is 1730 g/mol. The van der Waals surface area contributed by atoms with Crippen LogP contribution in [0.3, 0.4) is 0 Å². The first-order chi connectivity index (χ1) is 67.1. The second-order valence-corrected chi connectivity index (χ2v) is 34.1. The monoisotopic (exact) mass is 1730 g/mol. The predicted octanol–water partition coefficient (Wildman–Crippen LogP) is 35.5. The Morgan fingerprint density at radius 2 is 0.400 bits per heavy atom. The number of aromatic nitrogens is 3. The van der Waals surface area contributed by atoms with Gasteiger partial charge in [0.25, 0.3) is 0 Å². The highest BCUT2D eigenvalue weighted by atomic mass is 16.3. The molecular weight excluding hydrogens is 1650 g/mol. The number of furan rings is 3. The van der Waals surface area contributed by atoms with Crippen molar-refractivity contribution in [3.05, 3.63) is 510 Å². The topological polar surface area (TPSA) is 63.9 Å². The van der Waals surface area contributed by atoms with Crippen LogP contribution in [-0.4, -0.2) is 13.7 Å². The largest absolute Gasteiger partial charge is 0.451 e.